The Hall–Kier alpha value is -2.49. The molecule has 4 nitrogen and oxygen atoms in total. The van der Waals surface area contributed by atoms with Crippen molar-refractivity contribution in [3.8, 4) is 5.75 Å². The van der Waals surface area contributed by atoms with Gasteiger partial charge in [-0.1, -0.05) is 12.1 Å². The summed E-state index contributed by atoms with van der Waals surface area (Å²) >= 11 is 0. The Morgan fingerprint density at radius 3 is 2.21 bits per heavy atom. The van der Waals surface area contributed by atoms with Crippen molar-refractivity contribution in [3.05, 3.63) is 59.7 Å². The lowest BCUT2D eigenvalue weighted by Gasteiger charge is -2.21. The maximum absolute atomic E-state index is 12.2. The Labute approximate surface area is 144 Å². The lowest BCUT2D eigenvalue weighted by atomic mass is 10.1. The predicted octanol–water partition coefficient (Wildman–Crippen LogP) is 3.60. The summed E-state index contributed by atoms with van der Waals surface area (Å²) in [6.07, 6.45) is 1.75. The fraction of sp³-hybridized carbons (Fsp3) is 0.350. The van der Waals surface area contributed by atoms with Gasteiger partial charge in [0.2, 0.25) is 0 Å². The van der Waals surface area contributed by atoms with Crippen molar-refractivity contribution in [1.82, 2.24) is 5.32 Å². The van der Waals surface area contributed by atoms with E-state index in [9.17, 15) is 9.90 Å². The lowest BCUT2D eigenvalue weighted by Crippen LogP contribution is -2.25. The molecule has 0 bridgehead atoms. The van der Waals surface area contributed by atoms with Gasteiger partial charge in [0.05, 0.1) is 0 Å². The molecule has 0 aromatic heterocycles. The van der Waals surface area contributed by atoms with E-state index in [4.69, 9.17) is 0 Å². The summed E-state index contributed by atoms with van der Waals surface area (Å²) in [5, 5.41) is 12.2. The average molecular weight is 326 g/mol. The van der Waals surface area contributed by atoms with Gasteiger partial charge in [-0.2, -0.15) is 0 Å². The van der Waals surface area contributed by atoms with Crippen molar-refractivity contribution < 1.29 is 9.90 Å². The number of anilines is 1. The largest absolute Gasteiger partial charge is 0.508 e. The molecule has 2 aromatic carbocycles. The van der Waals surface area contributed by atoms with Crippen molar-refractivity contribution in [2.45, 2.75) is 26.7 Å². The predicted molar refractivity (Wildman–Crippen MR) is 98.8 cm³/mol. The maximum atomic E-state index is 12.2. The van der Waals surface area contributed by atoms with Crippen LogP contribution in [0.4, 0.5) is 5.69 Å². The minimum absolute atomic E-state index is 0.0354. The molecule has 0 saturated heterocycles. The summed E-state index contributed by atoms with van der Waals surface area (Å²) in [7, 11) is 0. The van der Waals surface area contributed by atoms with Crippen LogP contribution >= 0.6 is 0 Å². The zero-order valence-corrected chi connectivity index (χ0v) is 14.5. The smallest absolute Gasteiger partial charge is 0.251 e. The second-order valence-electron chi connectivity index (χ2n) is 5.75. The van der Waals surface area contributed by atoms with Crippen LogP contribution in [0.1, 0.15) is 36.2 Å². The number of nitrogens with one attached hydrogen (secondary N) is 1. The van der Waals surface area contributed by atoms with E-state index in [1.165, 1.54) is 0 Å². The molecule has 2 N–H and O–H groups in total. The third kappa shape index (κ3) is 5.01. The van der Waals surface area contributed by atoms with Gasteiger partial charge in [0.25, 0.3) is 5.91 Å². The Morgan fingerprint density at radius 2 is 1.62 bits per heavy atom. The molecule has 0 radical (unpaired) electrons. The van der Waals surface area contributed by atoms with Gasteiger partial charge in [-0.15, -0.1) is 0 Å². The number of benzene rings is 2. The number of aryl methyl sites for hydroxylation is 1. The number of amides is 1. The summed E-state index contributed by atoms with van der Waals surface area (Å²) in [6.45, 7) is 6.80. The van der Waals surface area contributed by atoms with E-state index in [1.807, 2.05) is 36.4 Å². The van der Waals surface area contributed by atoms with Gasteiger partial charge < -0.3 is 15.3 Å². The van der Waals surface area contributed by atoms with Crippen LogP contribution in [0.2, 0.25) is 0 Å². The summed E-state index contributed by atoms with van der Waals surface area (Å²) in [5.41, 5.74) is 2.99. The van der Waals surface area contributed by atoms with Gasteiger partial charge in [0, 0.05) is 30.9 Å². The van der Waals surface area contributed by atoms with Gasteiger partial charge in [0.15, 0.2) is 0 Å². The van der Waals surface area contributed by atoms with E-state index in [0.717, 1.165) is 37.2 Å². The molecule has 0 fully saturated rings. The molecule has 128 valence electrons. The standard InChI is InChI=1S/C20H26N2O2/c1-3-22(4-2)18-11-9-17(10-12-18)20(24)21-15-5-6-16-7-13-19(23)14-8-16/h7-14,23H,3-6,15H2,1-2H3,(H,21,24). The molecule has 0 heterocycles. The third-order valence-corrected chi connectivity index (χ3v) is 4.12. The third-order valence-electron chi connectivity index (χ3n) is 4.12. The number of hydrogen-bond donors (Lipinski definition) is 2. The molecule has 0 aliphatic rings. The molecule has 0 atom stereocenters. The number of phenolic OH excluding ortho intramolecular Hbond substituents is 1. The molecule has 4 heteroatoms. The zero-order chi connectivity index (χ0) is 17.4. The fourth-order valence-electron chi connectivity index (χ4n) is 2.67. The molecule has 24 heavy (non-hydrogen) atoms. The highest BCUT2D eigenvalue weighted by atomic mass is 16.3. The molecular weight excluding hydrogens is 300 g/mol. The minimum atomic E-state index is -0.0354. The van der Waals surface area contributed by atoms with E-state index in [2.05, 4.69) is 24.1 Å². The second kappa shape index (κ2) is 8.96. The van der Waals surface area contributed by atoms with E-state index < -0.39 is 0 Å². The van der Waals surface area contributed by atoms with Crippen LogP contribution in [0.25, 0.3) is 0 Å². The molecule has 0 spiro atoms. The van der Waals surface area contributed by atoms with Gasteiger partial charge in [-0.05, 0) is 68.7 Å². The number of carbonyl (C=O) groups is 1. The van der Waals surface area contributed by atoms with E-state index in [0.29, 0.717) is 12.1 Å². The minimum Gasteiger partial charge on any atom is -0.508 e. The summed E-state index contributed by atoms with van der Waals surface area (Å²) < 4.78 is 0. The molecular formula is C20H26N2O2. The van der Waals surface area contributed by atoms with Crippen molar-refractivity contribution >= 4 is 11.6 Å². The molecule has 1 amide bonds. The fourth-order valence-corrected chi connectivity index (χ4v) is 2.67. The average Bonchev–Trinajstić information content (AvgIpc) is 2.62. The Kier molecular flexibility index (Phi) is 6.67. The number of carbonyl (C=O) groups excluding carboxylic acids is 1. The first-order chi connectivity index (χ1) is 11.6. The molecule has 2 rings (SSSR count). The van der Waals surface area contributed by atoms with Crippen molar-refractivity contribution in [2.75, 3.05) is 24.5 Å². The van der Waals surface area contributed by atoms with Crippen LogP contribution in [0.3, 0.4) is 0 Å². The summed E-state index contributed by atoms with van der Waals surface area (Å²) in [5.74, 6) is 0.243. The van der Waals surface area contributed by atoms with Crippen molar-refractivity contribution in [1.29, 1.82) is 0 Å². The number of phenols is 1. The lowest BCUT2D eigenvalue weighted by molar-refractivity contribution is 0.0953. The normalized spacial score (nSPS) is 10.4. The Bertz CT molecular complexity index is 632. The maximum Gasteiger partial charge on any atom is 0.251 e. The molecule has 2 aromatic rings. The van der Waals surface area contributed by atoms with E-state index in [-0.39, 0.29) is 11.7 Å². The first kappa shape index (κ1) is 17.9. The molecule has 0 aliphatic heterocycles. The van der Waals surface area contributed by atoms with E-state index >= 15 is 0 Å². The number of aromatic hydroxyl groups is 1. The number of hydrogen-bond acceptors (Lipinski definition) is 3. The quantitative estimate of drug-likeness (QED) is 0.729. The number of rotatable bonds is 8. The Morgan fingerprint density at radius 1 is 1.00 bits per heavy atom. The van der Waals surface area contributed by atoms with Crippen LogP contribution in [-0.4, -0.2) is 30.6 Å². The highest BCUT2D eigenvalue weighted by Gasteiger charge is 2.06. The van der Waals surface area contributed by atoms with Gasteiger partial charge in [-0.25, -0.2) is 0 Å². The number of nitrogens with zero attached hydrogens (tertiary/aromatic N) is 1. The first-order valence-corrected chi connectivity index (χ1v) is 8.55. The first-order valence-electron chi connectivity index (χ1n) is 8.55. The Balaban J connectivity index is 1.78. The van der Waals surface area contributed by atoms with Crippen molar-refractivity contribution in [2.24, 2.45) is 0 Å². The van der Waals surface area contributed by atoms with Crippen LogP contribution in [0.5, 0.6) is 5.75 Å². The van der Waals surface area contributed by atoms with Crippen molar-refractivity contribution in [3.63, 3.8) is 0 Å². The zero-order valence-electron chi connectivity index (χ0n) is 14.5. The summed E-state index contributed by atoms with van der Waals surface area (Å²) in [6, 6.07) is 14.9. The topological polar surface area (TPSA) is 52.6 Å². The van der Waals surface area contributed by atoms with Crippen LogP contribution in [0.15, 0.2) is 48.5 Å². The monoisotopic (exact) mass is 326 g/mol. The SMILES string of the molecule is CCN(CC)c1ccc(C(=O)NCCCc2ccc(O)cc2)cc1. The van der Waals surface area contributed by atoms with Gasteiger partial charge in [0.1, 0.15) is 5.75 Å². The molecule has 0 unspecified atom stereocenters. The van der Waals surface area contributed by atoms with E-state index in [1.54, 1.807) is 12.1 Å². The van der Waals surface area contributed by atoms with Crippen LogP contribution < -0.4 is 10.2 Å². The van der Waals surface area contributed by atoms with Crippen LogP contribution in [0, 0.1) is 0 Å². The van der Waals surface area contributed by atoms with Crippen LogP contribution in [-0.2, 0) is 6.42 Å². The highest BCUT2D eigenvalue weighted by molar-refractivity contribution is 5.94. The second-order valence-corrected chi connectivity index (χ2v) is 5.75. The highest BCUT2D eigenvalue weighted by Crippen LogP contribution is 2.15. The summed E-state index contributed by atoms with van der Waals surface area (Å²) in [4.78, 5) is 14.4. The molecule has 0 aliphatic carbocycles. The molecule has 0 saturated carbocycles. The van der Waals surface area contributed by atoms with Gasteiger partial charge >= 0.3 is 0 Å². The van der Waals surface area contributed by atoms with Gasteiger partial charge in [-0.3, -0.25) is 4.79 Å².